The maximum absolute atomic E-state index is 11.5. The third-order valence-electron chi connectivity index (χ3n) is 1.70. The van der Waals surface area contributed by atoms with Crippen molar-refractivity contribution in [3.8, 4) is 0 Å². The number of hydrogen-bond donors (Lipinski definition) is 2. The second-order valence-corrected chi connectivity index (χ2v) is 3.15. The van der Waals surface area contributed by atoms with E-state index < -0.39 is 0 Å². The highest BCUT2D eigenvalue weighted by molar-refractivity contribution is 6.29. The molecule has 6 heteroatoms. The third kappa shape index (κ3) is 2.32. The molecule has 0 fully saturated rings. The number of H-pyrrole nitrogens is 1. The molecule has 1 amide bonds. The van der Waals surface area contributed by atoms with E-state index in [1.165, 1.54) is 12.4 Å². The first-order chi connectivity index (χ1) is 7.25. The molecule has 0 unspecified atom stereocenters. The van der Waals surface area contributed by atoms with Crippen molar-refractivity contribution in [2.45, 2.75) is 0 Å². The summed E-state index contributed by atoms with van der Waals surface area (Å²) < 4.78 is 0. The van der Waals surface area contributed by atoms with Crippen molar-refractivity contribution in [3.63, 3.8) is 0 Å². The normalized spacial score (nSPS) is 9.93. The van der Waals surface area contributed by atoms with Gasteiger partial charge in [0.1, 0.15) is 5.15 Å². The van der Waals surface area contributed by atoms with Gasteiger partial charge >= 0.3 is 0 Å². The lowest BCUT2D eigenvalue weighted by Crippen LogP contribution is -2.13. The molecule has 0 saturated carbocycles. The topological polar surface area (TPSA) is 70.7 Å². The van der Waals surface area contributed by atoms with Crippen molar-refractivity contribution in [1.82, 2.24) is 15.0 Å². The average Bonchev–Trinajstić information content (AvgIpc) is 2.74. The van der Waals surface area contributed by atoms with Crippen LogP contribution in [-0.4, -0.2) is 20.9 Å². The van der Waals surface area contributed by atoms with E-state index in [0.29, 0.717) is 10.8 Å². The third-order valence-corrected chi connectivity index (χ3v) is 1.92. The van der Waals surface area contributed by atoms with Crippen LogP contribution in [0.3, 0.4) is 0 Å². The number of pyridine rings is 1. The molecule has 2 N–H and O–H groups in total. The van der Waals surface area contributed by atoms with Gasteiger partial charge < -0.3 is 10.3 Å². The lowest BCUT2D eigenvalue weighted by molar-refractivity contribution is 0.101. The van der Waals surface area contributed by atoms with E-state index in [-0.39, 0.29) is 11.7 Å². The minimum atomic E-state index is -0.316. The van der Waals surface area contributed by atoms with Crippen LogP contribution in [0.2, 0.25) is 5.15 Å². The Bertz CT molecular complexity index is 451. The molecule has 0 saturated heterocycles. The number of anilines is 1. The number of hydrogen-bond acceptors (Lipinski definition) is 3. The molecule has 0 atom stereocenters. The predicted octanol–water partition coefficient (Wildman–Crippen LogP) is 1.71. The van der Waals surface area contributed by atoms with Gasteiger partial charge in [0, 0.05) is 12.4 Å². The zero-order valence-corrected chi connectivity index (χ0v) is 8.32. The fourth-order valence-corrected chi connectivity index (χ4v) is 1.14. The van der Waals surface area contributed by atoms with Crippen molar-refractivity contribution < 1.29 is 4.79 Å². The summed E-state index contributed by atoms with van der Waals surface area (Å²) in [4.78, 5) is 21.8. The Balaban J connectivity index is 2.09. The lowest BCUT2D eigenvalue weighted by Gasteiger charge is -2.01. The van der Waals surface area contributed by atoms with Crippen molar-refractivity contribution >= 4 is 23.2 Å². The Hall–Kier alpha value is -1.88. The van der Waals surface area contributed by atoms with Gasteiger partial charge in [0.15, 0.2) is 5.82 Å². The number of rotatable bonds is 2. The Kier molecular flexibility index (Phi) is 2.64. The zero-order valence-electron chi connectivity index (χ0n) is 7.57. The zero-order chi connectivity index (χ0) is 10.7. The molecular formula is C9H7ClN4O. The number of nitrogens with one attached hydrogen (secondary N) is 2. The van der Waals surface area contributed by atoms with Gasteiger partial charge in [-0.3, -0.25) is 4.79 Å². The molecule has 15 heavy (non-hydrogen) atoms. The molecule has 76 valence electrons. The van der Waals surface area contributed by atoms with E-state index in [1.54, 1.807) is 18.3 Å². The van der Waals surface area contributed by atoms with Gasteiger partial charge in [0.2, 0.25) is 0 Å². The Morgan fingerprint density at radius 1 is 1.40 bits per heavy atom. The molecular weight excluding hydrogens is 216 g/mol. The summed E-state index contributed by atoms with van der Waals surface area (Å²) in [5.74, 6) is -0.0610. The van der Waals surface area contributed by atoms with Crippen molar-refractivity contribution in [1.29, 1.82) is 0 Å². The van der Waals surface area contributed by atoms with Gasteiger partial charge in [-0.1, -0.05) is 11.6 Å². The summed E-state index contributed by atoms with van der Waals surface area (Å²) >= 11 is 5.61. The minimum Gasteiger partial charge on any atom is -0.341 e. The van der Waals surface area contributed by atoms with Crippen LogP contribution in [0.1, 0.15) is 10.6 Å². The molecule has 0 spiro atoms. The smallest absolute Gasteiger partial charge is 0.291 e. The number of imidazole rings is 1. The highest BCUT2D eigenvalue weighted by Crippen LogP contribution is 2.10. The molecule has 2 rings (SSSR count). The average molecular weight is 223 g/mol. The van der Waals surface area contributed by atoms with Crippen molar-refractivity contribution in [2.24, 2.45) is 0 Å². The van der Waals surface area contributed by atoms with Gasteiger partial charge in [0.25, 0.3) is 5.91 Å². The van der Waals surface area contributed by atoms with Crippen LogP contribution < -0.4 is 5.32 Å². The highest BCUT2D eigenvalue weighted by atomic mass is 35.5. The minimum absolute atomic E-state index is 0.255. The number of carbonyl (C=O) groups is 1. The van der Waals surface area contributed by atoms with Crippen LogP contribution in [0.25, 0.3) is 0 Å². The van der Waals surface area contributed by atoms with E-state index >= 15 is 0 Å². The molecule has 0 aliphatic heterocycles. The van der Waals surface area contributed by atoms with Crippen LogP contribution in [-0.2, 0) is 0 Å². The van der Waals surface area contributed by atoms with E-state index in [0.717, 1.165) is 0 Å². The molecule has 2 aromatic rings. The van der Waals surface area contributed by atoms with E-state index in [4.69, 9.17) is 11.6 Å². The van der Waals surface area contributed by atoms with Crippen LogP contribution >= 0.6 is 11.6 Å². The Morgan fingerprint density at radius 2 is 2.27 bits per heavy atom. The quantitative estimate of drug-likeness (QED) is 0.760. The molecule has 2 aromatic heterocycles. The van der Waals surface area contributed by atoms with Gasteiger partial charge in [-0.2, -0.15) is 0 Å². The molecule has 2 heterocycles. The molecule has 5 nitrogen and oxygen atoms in total. The number of aromatic amines is 1. The summed E-state index contributed by atoms with van der Waals surface area (Å²) in [5.41, 5.74) is 0.570. The van der Waals surface area contributed by atoms with Gasteiger partial charge in [0.05, 0.1) is 11.9 Å². The van der Waals surface area contributed by atoms with E-state index in [1.807, 2.05) is 0 Å². The fraction of sp³-hybridized carbons (Fsp3) is 0. The first kappa shape index (κ1) is 9.67. The first-order valence-corrected chi connectivity index (χ1v) is 4.56. The summed E-state index contributed by atoms with van der Waals surface area (Å²) in [6.07, 6.45) is 4.56. The number of amides is 1. The Labute approximate surface area is 90.5 Å². The molecule has 0 bridgehead atoms. The van der Waals surface area contributed by atoms with Crippen molar-refractivity contribution in [3.05, 3.63) is 41.7 Å². The molecule has 0 aliphatic rings. The van der Waals surface area contributed by atoms with Gasteiger partial charge in [-0.05, 0) is 12.1 Å². The summed E-state index contributed by atoms with van der Waals surface area (Å²) in [6.45, 7) is 0. The number of aromatic nitrogens is 3. The highest BCUT2D eigenvalue weighted by Gasteiger charge is 2.07. The van der Waals surface area contributed by atoms with Crippen LogP contribution in [0.4, 0.5) is 5.69 Å². The summed E-state index contributed by atoms with van der Waals surface area (Å²) in [7, 11) is 0. The van der Waals surface area contributed by atoms with Gasteiger partial charge in [-0.25, -0.2) is 9.97 Å². The lowest BCUT2D eigenvalue weighted by atomic mass is 10.4. The second kappa shape index (κ2) is 4.10. The predicted molar refractivity (Wildman–Crippen MR) is 55.8 cm³/mol. The monoisotopic (exact) mass is 222 g/mol. The first-order valence-electron chi connectivity index (χ1n) is 4.18. The van der Waals surface area contributed by atoms with Gasteiger partial charge in [-0.15, -0.1) is 0 Å². The van der Waals surface area contributed by atoms with Crippen LogP contribution in [0.5, 0.6) is 0 Å². The molecule has 0 radical (unpaired) electrons. The van der Waals surface area contributed by atoms with E-state index in [9.17, 15) is 4.79 Å². The maximum Gasteiger partial charge on any atom is 0.291 e. The van der Waals surface area contributed by atoms with Crippen LogP contribution in [0, 0.1) is 0 Å². The number of nitrogens with zero attached hydrogens (tertiary/aromatic N) is 2. The van der Waals surface area contributed by atoms with Crippen LogP contribution in [0.15, 0.2) is 30.7 Å². The summed E-state index contributed by atoms with van der Waals surface area (Å²) in [6, 6.07) is 3.26. The SMILES string of the molecule is O=C(Nc1ccc(Cl)nc1)c1ncc[nH]1. The van der Waals surface area contributed by atoms with E-state index in [2.05, 4.69) is 20.3 Å². The van der Waals surface area contributed by atoms with Crippen molar-refractivity contribution in [2.75, 3.05) is 5.32 Å². The molecule has 0 aromatic carbocycles. The molecule has 0 aliphatic carbocycles. The second-order valence-electron chi connectivity index (χ2n) is 2.76. The largest absolute Gasteiger partial charge is 0.341 e. The fourth-order valence-electron chi connectivity index (χ4n) is 1.03. The maximum atomic E-state index is 11.5. The Morgan fingerprint density at radius 3 is 2.87 bits per heavy atom. The summed E-state index contributed by atoms with van der Waals surface area (Å²) in [5, 5.41) is 3.00. The number of halogens is 1. The standard InChI is InChI=1S/C9H7ClN4O/c10-7-2-1-6(5-13-7)14-9(15)8-11-3-4-12-8/h1-5H,(H,11,12)(H,14,15). The number of carbonyl (C=O) groups excluding carboxylic acids is 1.